The van der Waals surface area contributed by atoms with Crippen molar-refractivity contribution in [3.05, 3.63) is 48.5 Å². The highest BCUT2D eigenvalue weighted by Gasteiger charge is 2.26. The molecule has 0 aliphatic heterocycles. The fourth-order valence-corrected chi connectivity index (χ4v) is 4.09. The van der Waals surface area contributed by atoms with Gasteiger partial charge in [0, 0.05) is 20.3 Å². The molecule has 0 bridgehead atoms. The molecule has 0 spiro atoms. The molecule has 0 fully saturated rings. The average molecular weight is 392 g/mol. The third kappa shape index (κ3) is 5.45. The summed E-state index contributed by atoms with van der Waals surface area (Å²) in [4.78, 5) is 12.1. The molecule has 0 radical (unpaired) electrons. The molecule has 0 aliphatic rings. The standard InChI is InChI=1S/C19H24N2O5S/c1-25-13-7-12-20-18(22)14-21-16-10-6-11-17(26-2)19(16)27(23,24)15-8-4-3-5-9-15/h3-6,8-11,21H,7,12-14H2,1-2H3,(H,20,22). The van der Waals surface area contributed by atoms with Gasteiger partial charge in [0.25, 0.3) is 0 Å². The van der Waals surface area contributed by atoms with E-state index < -0.39 is 9.84 Å². The summed E-state index contributed by atoms with van der Waals surface area (Å²) in [6.07, 6.45) is 0.703. The highest BCUT2D eigenvalue weighted by atomic mass is 32.2. The van der Waals surface area contributed by atoms with Crippen molar-refractivity contribution in [1.29, 1.82) is 0 Å². The van der Waals surface area contributed by atoms with Gasteiger partial charge in [-0.2, -0.15) is 0 Å². The van der Waals surface area contributed by atoms with Crippen LogP contribution in [0.15, 0.2) is 58.3 Å². The quantitative estimate of drug-likeness (QED) is 0.602. The van der Waals surface area contributed by atoms with Gasteiger partial charge >= 0.3 is 0 Å². The Morgan fingerprint density at radius 3 is 2.44 bits per heavy atom. The van der Waals surface area contributed by atoms with Crippen LogP contribution in [0.25, 0.3) is 0 Å². The molecule has 2 N–H and O–H groups in total. The minimum atomic E-state index is -3.82. The number of methoxy groups -OCH3 is 2. The van der Waals surface area contributed by atoms with E-state index in [2.05, 4.69) is 10.6 Å². The van der Waals surface area contributed by atoms with Gasteiger partial charge < -0.3 is 20.1 Å². The van der Waals surface area contributed by atoms with Crippen molar-refractivity contribution in [2.45, 2.75) is 16.2 Å². The molecule has 2 aromatic rings. The van der Waals surface area contributed by atoms with Crippen LogP contribution in [0.2, 0.25) is 0 Å². The van der Waals surface area contributed by atoms with Crippen LogP contribution >= 0.6 is 0 Å². The topological polar surface area (TPSA) is 93.7 Å². The first-order valence-electron chi connectivity index (χ1n) is 8.47. The van der Waals surface area contributed by atoms with Gasteiger partial charge in [0.15, 0.2) is 0 Å². The Hall–Kier alpha value is -2.58. The van der Waals surface area contributed by atoms with Crippen molar-refractivity contribution < 1.29 is 22.7 Å². The lowest BCUT2D eigenvalue weighted by Crippen LogP contribution is -2.31. The molecule has 0 aromatic heterocycles. The molecule has 0 unspecified atom stereocenters. The monoisotopic (exact) mass is 392 g/mol. The maximum absolute atomic E-state index is 13.1. The zero-order valence-corrected chi connectivity index (χ0v) is 16.2. The first kappa shape index (κ1) is 20.7. The van der Waals surface area contributed by atoms with Crippen LogP contribution in [0.1, 0.15) is 6.42 Å². The molecule has 0 aliphatic carbocycles. The number of carbonyl (C=O) groups is 1. The van der Waals surface area contributed by atoms with Crippen molar-refractivity contribution in [3.8, 4) is 5.75 Å². The van der Waals surface area contributed by atoms with Gasteiger partial charge in [0.05, 0.1) is 24.2 Å². The molecular weight excluding hydrogens is 368 g/mol. The summed E-state index contributed by atoms with van der Waals surface area (Å²) in [5.74, 6) is -0.0265. The molecule has 7 nitrogen and oxygen atoms in total. The number of anilines is 1. The van der Waals surface area contributed by atoms with E-state index in [-0.39, 0.29) is 28.0 Å². The molecule has 2 rings (SSSR count). The summed E-state index contributed by atoms with van der Waals surface area (Å²) >= 11 is 0. The predicted molar refractivity (Wildman–Crippen MR) is 103 cm³/mol. The van der Waals surface area contributed by atoms with Crippen LogP contribution in [-0.4, -0.2) is 48.2 Å². The van der Waals surface area contributed by atoms with Crippen LogP contribution in [0, 0.1) is 0 Å². The lowest BCUT2D eigenvalue weighted by Gasteiger charge is -2.16. The number of hydrogen-bond acceptors (Lipinski definition) is 6. The fourth-order valence-electron chi connectivity index (χ4n) is 2.49. The maximum atomic E-state index is 13.1. The van der Waals surface area contributed by atoms with Crippen LogP contribution in [0.5, 0.6) is 5.75 Å². The van der Waals surface area contributed by atoms with Crippen LogP contribution in [0.4, 0.5) is 5.69 Å². The summed E-state index contributed by atoms with van der Waals surface area (Å²) in [5.41, 5.74) is 0.310. The van der Waals surface area contributed by atoms with Crippen molar-refractivity contribution >= 4 is 21.4 Å². The van der Waals surface area contributed by atoms with Crippen molar-refractivity contribution in [2.24, 2.45) is 0 Å². The number of nitrogens with one attached hydrogen (secondary N) is 2. The van der Waals surface area contributed by atoms with Gasteiger partial charge in [-0.25, -0.2) is 8.42 Å². The van der Waals surface area contributed by atoms with E-state index in [1.807, 2.05) is 0 Å². The van der Waals surface area contributed by atoms with Crippen LogP contribution in [0.3, 0.4) is 0 Å². The van der Waals surface area contributed by atoms with E-state index in [0.29, 0.717) is 25.3 Å². The third-order valence-electron chi connectivity index (χ3n) is 3.81. The average Bonchev–Trinajstić information content (AvgIpc) is 2.69. The Labute approximate surface area is 159 Å². The smallest absolute Gasteiger partial charge is 0.239 e. The van der Waals surface area contributed by atoms with Gasteiger partial charge in [-0.15, -0.1) is 0 Å². The van der Waals surface area contributed by atoms with Crippen molar-refractivity contribution in [2.75, 3.05) is 39.2 Å². The summed E-state index contributed by atoms with van der Waals surface area (Å²) in [6, 6.07) is 13.0. The third-order valence-corrected chi connectivity index (χ3v) is 5.66. The van der Waals surface area contributed by atoms with Gasteiger partial charge in [-0.05, 0) is 30.7 Å². The van der Waals surface area contributed by atoms with Gasteiger partial charge in [-0.3, -0.25) is 4.79 Å². The van der Waals surface area contributed by atoms with E-state index >= 15 is 0 Å². The summed E-state index contributed by atoms with van der Waals surface area (Å²) in [7, 11) is -0.814. The Morgan fingerprint density at radius 1 is 1.04 bits per heavy atom. The number of rotatable bonds is 10. The zero-order valence-electron chi connectivity index (χ0n) is 15.4. The zero-order chi connectivity index (χ0) is 19.7. The number of hydrogen-bond donors (Lipinski definition) is 2. The number of benzene rings is 2. The second-order valence-corrected chi connectivity index (χ2v) is 7.59. The number of ether oxygens (including phenoxy) is 2. The largest absolute Gasteiger partial charge is 0.495 e. The maximum Gasteiger partial charge on any atom is 0.239 e. The molecular formula is C19H24N2O5S. The molecule has 8 heteroatoms. The Balaban J connectivity index is 2.22. The fraction of sp³-hybridized carbons (Fsp3) is 0.316. The highest BCUT2D eigenvalue weighted by molar-refractivity contribution is 7.91. The molecule has 2 aromatic carbocycles. The normalized spacial score (nSPS) is 11.0. The Bertz CT molecular complexity index is 854. The molecule has 1 amide bonds. The minimum absolute atomic E-state index is 0.00545. The molecule has 0 heterocycles. The van der Waals surface area contributed by atoms with E-state index in [0.717, 1.165) is 0 Å². The first-order chi connectivity index (χ1) is 13.0. The SMILES string of the molecule is COCCCNC(=O)CNc1cccc(OC)c1S(=O)(=O)c1ccccc1. The van der Waals surface area contributed by atoms with Crippen molar-refractivity contribution in [1.82, 2.24) is 5.32 Å². The van der Waals surface area contributed by atoms with Gasteiger partial charge in [0.2, 0.25) is 15.7 Å². The van der Waals surface area contributed by atoms with E-state index in [9.17, 15) is 13.2 Å². The molecule has 0 saturated carbocycles. The number of sulfone groups is 1. The first-order valence-corrected chi connectivity index (χ1v) is 9.95. The van der Waals surface area contributed by atoms with E-state index in [4.69, 9.17) is 9.47 Å². The van der Waals surface area contributed by atoms with Crippen LogP contribution < -0.4 is 15.4 Å². The van der Waals surface area contributed by atoms with E-state index in [1.165, 1.54) is 19.2 Å². The predicted octanol–water partition coefficient (Wildman–Crippen LogP) is 2.09. The number of amides is 1. The second-order valence-electron chi connectivity index (χ2n) is 5.70. The summed E-state index contributed by atoms with van der Waals surface area (Å²) < 4.78 is 36.4. The van der Waals surface area contributed by atoms with E-state index in [1.54, 1.807) is 43.5 Å². The molecule has 146 valence electrons. The van der Waals surface area contributed by atoms with Gasteiger partial charge in [0.1, 0.15) is 10.6 Å². The lowest BCUT2D eigenvalue weighted by molar-refractivity contribution is -0.119. The summed E-state index contributed by atoms with van der Waals surface area (Å²) in [5, 5.41) is 5.65. The second kappa shape index (κ2) is 9.94. The molecule has 27 heavy (non-hydrogen) atoms. The molecule has 0 saturated heterocycles. The van der Waals surface area contributed by atoms with Crippen molar-refractivity contribution in [3.63, 3.8) is 0 Å². The molecule has 0 atom stereocenters. The van der Waals surface area contributed by atoms with Gasteiger partial charge in [-0.1, -0.05) is 24.3 Å². The number of carbonyl (C=O) groups excluding carboxylic acids is 1. The lowest BCUT2D eigenvalue weighted by atomic mass is 10.3. The summed E-state index contributed by atoms with van der Waals surface area (Å²) in [6.45, 7) is 0.988. The highest BCUT2D eigenvalue weighted by Crippen LogP contribution is 2.35. The Kier molecular flexibility index (Phi) is 7.63. The minimum Gasteiger partial charge on any atom is -0.495 e. The van der Waals surface area contributed by atoms with Crippen LogP contribution in [-0.2, 0) is 19.4 Å². The Morgan fingerprint density at radius 2 is 1.78 bits per heavy atom.